The Hall–Kier alpha value is -2.08. The second-order valence-electron chi connectivity index (χ2n) is 5.90. The number of rotatable bonds is 5. The van der Waals surface area contributed by atoms with E-state index in [1.807, 2.05) is 0 Å². The lowest BCUT2D eigenvalue weighted by Gasteiger charge is -2.10. The number of aromatic nitrogens is 3. The summed E-state index contributed by atoms with van der Waals surface area (Å²) in [5, 5.41) is 12.0. The van der Waals surface area contributed by atoms with Gasteiger partial charge in [-0.25, -0.2) is 0 Å². The maximum absolute atomic E-state index is 12.3. The predicted molar refractivity (Wildman–Crippen MR) is 91.1 cm³/mol. The number of hydrogen-bond donors (Lipinski definition) is 1. The van der Waals surface area contributed by atoms with Crippen LogP contribution in [0, 0.1) is 0 Å². The molecule has 2 aromatic rings. The van der Waals surface area contributed by atoms with Gasteiger partial charge in [0.05, 0.1) is 20.1 Å². The van der Waals surface area contributed by atoms with Crippen LogP contribution >= 0.6 is 11.6 Å². The maximum atomic E-state index is 12.3. The largest absolute Gasteiger partial charge is 0.496 e. The van der Waals surface area contributed by atoms with Gasteiger partial charge in [0.1, 0.15) is 11.6 Å². The van der Waals surface area contributed by atoms with Crippen molar-refractivity contribution in [1.29, 1.82) is 0 Å². The van der Waals surface area contributed by atoms with Crippen LogP contribution in [0.4, 0.5) is 0 Å². The van der Waals surface area contributed by atoms with E-state index >= 15 is 0 Å². The molecule has 1 aromatic carbocycles. The number of benzene rings is 1. The van der Waals surface area contributed by atoms with Gasteiger partial charge in [-0.1, -0.05) is 18.0 Å². The Bertz CT molecular complexity index is 729. The quantitative estimate of drug-likeness (QED) is 0.901. The van der Waals surface area contributed by atoms with Crippen molar-refractivity contribution < 1.29 is 9.53 Å². The first-order valence-electron chi connectivity index (χ1n) is 8.17. The third kappa shape index (κ3) is 3.87. The number of ether oxygens (including phenoxy) is 1. The predicted octanol–water partition coefficient (Wildman–Crippen LogP) is 2.53. The normalized spacial score (nSPS) is 13.9. The average Bonchev–Trinajstić information content (AvgIpc) is 2.80. The van der Waals surface area contributed by atoms with E-state index < -0.39 is 0 Å². The van der Waals surface area contributed by atoms with Crippen LogP contribution in [0.15, 0.2) is 18.2 Å². The molecule has 3 rings (SSSR count). The summed E-state index contributed by atoms with van der Waals surface area (Å²) in [7, 11) is 1.58. The number of carbonyl (C=O) groups is 1. The van der Waals surface area contributed by atoms with Gasteiger partial charge in [-0.15, -0.1) is 10.2 Å². The highest BCUT2D eigenvalue weighted by Gasteiger charge is 2.16. The lowest BCUT2D eigenvalue weighted by Crippen LogP contribution is -2.26. The van der Waals surface area contributed by atoms with Crippen molar-refractivity contribution in [2.75, 3.05) is 7.11 Å². The Kier molecular flexibility index (Phi) is 5.35. The summed E-state index contributed by atoms with van der Waals surface area (Å²) < 4.78 is 7.41. The van der Waals surface area contributed by atoms with Crippen LogP contribution in [0.5, 0.6) is 5.75 Å². The number of fused-ring (bicyclic) bond motifs is 1. The molecule has 2 heterocycles. The van der Waals surface area contributed by atoms with Gasteiger partial charge >= 0.3 is 0 Å². The van der Waals surface area contributed by atoms with Crippen molar-refractivity contribution in [2.24, 2.45) is 0 Å². The SMILES string of the molecule is COc1ccc(Cl)cc1CC(=O)NCc1nnc2n1CCCCC2. The summed E-state index contributed by atoms with van der Waals surface area (Å²) in [5.74, 6) is 2.40. The number of aryl methyl sites for hydroxylation is 1. The topological polar surface area (TPSA) is 69.0 Å². The van der Waals surface area contributed by atoms with Gasteiger partial charge in [0, 0.05) is 23.6 Å². The molecule has 0 bridgehead atoms. The number of nitrogens with one attached hydrogen (secondary N) is 1. The highest BCUT2D eigenvalue weighted by atomic mass is 35.5. The van der Waals surface area contributed by atoms with E-state index in [0.29, 0.717) is 17.3 Å². The smallest absolute Gasteiger partial charge is 0.224 e. The van der Waals surface area contributed by atoms with Gasteiger partial charge in [-0.3, -0.25) is 4.79 Å². The summed E-state index contributed by atoms with van der Waals surface area (Å²) in [5.41, 5.74) is 0.766. The Morgan fingerprint density at radius 3 is 3.04 bits per heavy atom. The zero-order chi connectivity index (χ0) is 16.9. The third-order valence-corrected chi connectivity index (χ3v) is 4.46. The molecule has 128 valence electrons. The van der Waals surface area contributed by atoms with Gasteiger partial charge in [0.15, 0.2) is 5.82 Å². The molecular weight excluding hydrogens is 328 g/mol. The van der Waals surface area contributed by atoms with Crippen molar-refractivity contribution in [3.8, 4) is 5.75 Å². The molecular formula is C17H21ClN4O2. The summed E-state index contributed by atoms with van der Waals surface area (Å²) in [4.78, 5) is 12.3. The third-order valence-electron chi connectivity index (χ3n) is 4.22. The van der Waals surface area contributed by atoms with E-state index in [1.165, 1.54) is 6.42 Å². The van der Waals surface area contributed by atoms with Gasteiger partial charge in [0.25, 0.3) is 0 Å². The molecule has 1 aliphatic rings. The lowest BCUT2D eigenvalue weighted by molar-refractivity contribution is -0.120. The number of hydrogen-bond acceptors (Lipinski definition) is 4. The monoisotopic (exact) mass is 348 g/mol. The van der Waals surface area contributed by atoms with Gasteiger partial charge < -0.3 is 14.6 Å². The molecule has 0 saturated heterocycles. The fourth-order valence-corrected chi connectivity index (χ4v) is 3.17. The molecule has 0 radical (unpaired) electrons. The van der Waals surface area contributed by atoms with Crippen molar-refractivity contribution in [2.45, 2.75) is 45.2 Å². The van der Waals surface area contributed by atoms with E-state index in [0.717, 1.165) is 43.0 Å². The van der Waals surface area contributed by atoms with E-state index in [-0.39, 0.29) is 12.3 Å². The summed E-state index contributed by atoms with van der Waals surface area (Å²) in [6.07, 6.45) is 4.67. The second kappa shape index (κ2) is 7.66. The summed E-state index contributed by atoms with van der Waals surface area (Å²) in [6, 6.07) is 5.26. The first-order chi connectivity index (χ1) is 11.7. The fourth-order valence-electron chi connectivity index (χ4n) is 2.97. The molecule has 0 saturated carbocycles. The first kappa shape index (κ1) is 16.8. The maximum Gasteiger partial charge on any atom is 0.224 e. The van der Waals surface area contributed by atoms with Crippen molar-refractivity contribution in [3.05, 3.63) is 40.4 Å². The van der Waals surface area contributed by atoms with E-state index in [2.05, 4.69) is 20.1 Å². The Morgan fingerprint density at radius 2 is 2.21 bits per heavy atom. The molecule has 24 heavy (non-hydrogen) atoms. The lowest BCUT2D eigenvalue weighted by atomic mass is 10.1. The summed E-state index contributed by atoms with van der Waals surface area (Å²) in [6.45, 7) is 1.31. The van der Waals surface area contributed by atoms with Gasteiger partial charge in [-0.2, -0.15) is 0 Å². The highest BCUT2D eigenvalue weighted by molar-refractivity contribution is 6.30. The van der Waals surface area contributed by atoms with Crippen LogP contribution < -0.4 is 10.1 Å². The molecule has 6 nitrogen and oxygen atoms in total. The van der Waals surface area contributed by atoms with E-state index in [4.69, 9.17) is 16.3 Å². The Labute approximate surface area is 146 Å². The van der Waals surface area contributed by atoms with Crippen molar-refractivity contribution >= 4 is 17.5 Å². The van der Waals surface area contributed by atoms with E-state index in [9.17, 15) is 4.79 Å². The molecule has 0 aliphatic carbocycles. The zero-order valence-corrected chi connectivity index (χ0v) is 14.5. The first-order valence-corrected chi connectivity index (χ1v) is 8.55. The zero-order valence-electron chi connectivity index (χ0n) is 13.7. The number of halogens is 1. The molecule has 1 amide bonds. The number of methoxy groups -OCH3 is 1. The number of carbonyl (C=O) groups excluding carboxylic acids is 1. The Morgan fingerprint density at radius 1 is 1.33 bits per heavy atom. The van der Waals surface area contributed by atoms with Gasteiger partial charge in [0.2, 0.25) is 5.91 Å². The molecule has 0 unspecified atom stereocenters. The number of amides is 1. The fraction of sp³-hybridized carbons (Fsp3) is 0.471. The summed E-state index contributed by atoms with van der Waals surface area (Å²) >= 11 is 6.00. The highest BCUT2D eigenvalue weighted by Crippen LogP contribution is 2.23. The Balaban J connectivity index is 1.62. The van der Waals surface area contributed by atoms with Crippen LogP contribution in [-0.4, -0.2) is 27.8 Å². The molecule has 1 aliphatic heterocycles. The van der Waals surface area contributed by atoms with Crippen LogP contribution in [0.25, 0.3) is 0 Å². The van der Waals surface area contributed by atoms with Crippen LogP contribution in [0.3, 0.4) is 0 Å². The van der Waals surface area contributed by atoms with Crippen molar-refractivity contribution in [3.63, 3.8) is 0 Å². The molecule has 7 heteroatoms. The molecule has 0 atom stereocenters. The van der Waals surface area contributed by atoms with Crippen molar-refractivity contribution in [1.82, 2.24) is 20.1 Å². The molecule has 0 spiro atoms. The molecule has 1 aromatic heterocycles. The minimum Gasteiger partial charge on any atom is -0.496 e. The number of nitrogens with zero attached hydrogens (tertiary/aromatic N) is 3. The second-order valence-corrected chi connectivity index (χ2v) is 6.34. The van der Waals surface area contributed by atoms with Crippen LogP contribution in [-0.2, 0) is 30.7 Å². The van der Waals surface area contributed by atoms with Gasteiger partial charge in [-0.05, 0) is 31.0 Å². The average molecular weight is 349 g/mol. The van der Waals surface area contributed by atoms with Crippen LogP contribution in [0.1, 0.15) is 36.5 Å². The molecule has 1 N–H and O–H groups in total. The molecule has 0 fully saturated rings. The standard InChI is InChI=1S/C17H21ClN4O2/c1-24-14-7-6-13(18)9-12(14)10-17(23)19-11-16-21-20-15-5-3-2-4-8-22(15)16/h6-7,9H,2-5,8,10-11H2,1H3,(H,19,23). The minimum absolute atomic E-state index is 0.0958. The van der Waals surface area contributed by atoms with E-state index in [1.54, 1.807) is 25.3 Å². The minimum atomic E-state index is -0.0958. The van der Waals surface area contributed by atoms with Crippen LogP contribution in [0.2, 0.25) is 5.02 Å².